The molecule has 15 heteroatoms. The molecule has 0 spiro atoms. The molecule has 0 aliphatic carbocycles. The van der Waals surface area contributed by atoms with Gasteiger partial charge in [0.05, 0.1) is 23.3 Å². The third-order valence-electron chi connectivity index (χ3n) is 11.2. The zero-order chi connectivity index (χ0) is 41.7. The van der Waals surface area contributed by atoms with E-state index >= 15 is 0 Å². The van der Waals surface area contributed by atoms with Crippen molar-refractivity contribution in [1.29, 1.82) is 0 Å². The minimum absolute atomic E-state index is 0.0917. The first kappa shape index (κ1) is 39.0. The number of ether oxygens (including phenoxy) is 1. The molecule has 1 fully saturated rings. The third kappa shape index (κ3) is 7.09. The van der Waals surface area contributed by atoms with Gasteiger partial charge < -0.3 is 19.9 Å². The first-order chi connectivity index (χ1) is 28.3. The standard InChI is InChI=1S/C44H41F2N7O6/c1-24(2)29-18-27(19-36-39(29)51(4)44(58)50(36)3)52-16-17-59-37-21-30(31(40(45)46)20-35(37)52)26-11-12-33(48-22-26)41(55)47-15-6-5-8-25-9-7-10-28-32(25)23-53(43(28)57)34-13-14-38(54)49-42(34)56/h7,9-12,18-22,24,34,40H,6,13-17,23H2,1-4H3,(H,47,55)(H,49,54,56). The van der Waals surface area contributed by atoms with Crippen molar-refractivity contribution in [3.63, 3.8) is 0 Å². The van der Waals surface area contributed by atoms with Crippen LogP contribution in [0.3, 0.4) is 0 Å². The van der Waals surface area contributed by atoms with Crippen LogP contribution in [0.25, 0.3) is 22.2 Å². The monoisotopic (exact) mass is 801 g/mol. The number of nitrogens with zero attached hydrogens (tertiary/aromatic N) is 5. The molecule has 5 aromatic rings. The van der Waals surface area contributed by atoms with Crippen molar-refractivity contribution in [2.75, 3.05) is 24.6 Å². The van der Waals surface area contributed by atoms with Crippen molar-refractivity contribution in [3.8, 4) is 28.7 Å². The smallest absolute Gasteiger partial charge is 0.328 e. The van der Waals surface area contributed by atoms with Gasteiger partial charge in [-0.3, -0.25) is 38.6 Å². The Morgan fingerprint density at radius 3 is 2.56 bits per heavy atom. The van der Waals surface area contributed by atoms with Gasteiger partial charge in [0, 0.05) is 74.2 Å². The van der Waals surface area contributed by atoms with Crippen molar-refractivity contribution in [2.45, 2.75) is 58.0 Å². The lowest BCUT2D eigenvalue weighted by Crippen LogP contribution is -2.52. The maximum absolute atomic E-state index is 14.8. The van der Waals surface area contributed by atoms with E-state index < -0.39 is 24.3 Å². The zero-order valence-corrected chi connectivity index (χ0v) is 32.9. The molecule has 8 rings (SSSR count). The highest BCUT2D eigenvalue weighted by Crippen LogP contribution is 2.45. The summed E-state index contributed by atoms with van der Waals surface area (Å²) in [5.41, 5.74) is 5.96. The normalized spacial score (nSPS) is 16.2. The molecule has 0 saturated carbocycles. The van der Waals surface area contributed by atoms with Gasteiger partial charge in [-0.15, -0.1) is 0 Å². The van der Waals surface area contributed by atoms with Gasteiger partial charge in [-0.05, 0) is 71.5 Å². The van der Waals surface area contributed by atoms with Crippen LogP contribution in [0.4, 0.5) is 20.2 Å². The summed E-state index contributed by atoms with van der Waals surface area (Å²) >= 11 is 0. The highest BCUT2D eigenvalue weighted by molar-refractivity contribution is 6.05. The Bertz CT molecular complexity index is 2690. The van der Waals surface area contributed by atoms with Crippen LogP contribution >= 0.6 is 0 Å². The molecule has 302 valence electrons. The van der Waals surface area contributed by atoms with Crippen LogP contribution in [0.2, 0.25) is 0 Å². The van der Waals surface area contributed by atoms with E-state index in [4.69, 9.17) is 4.74 Å². The van der Waals surface area contributed by atoms with E-state index in [1.165, 1.54) is 23.2 Å². The number of rotatable bonds is 8. The van der Waals surface area contributed by atoms with E-state index in [1.54, 1.807) is 53.6 Å². The lowest BCUT2D eigenvalue weighted by atomic mass is 9.97. The summed E-state index contributed by atoms with van der Waals surface area (Å²) in [6.07, 6.45) is -0.722. The van der Waals surface area contributed by atoms with Gasteiger partial charge in [-0.2, -0.15) is 0 Å². The largest absolute Gasteiger partial charge is 0.490 e. The van der Waals surface area contributed by atoms with Crippen LogP contribution < -0.4 is 26.0 Å². The first-order valence-electron chi connectivity index (χ1n) is 19.4. The molecule has 3 aliphatic heterocycles. The van der Waals surface area contributed by atoms with Crippen molar-refractivity contribution in [3.05, 3.63) is 105 Å². The molecule has 1 unspecified atom stereocenters. The molecule has 3 aliphatic rings. The molecule has 5 heterocycles. The highest BCUT2D eigenvalue weighted by atomic mass is 19.3. The molecule has 3 aromatic carbocycles. The Labute approximate surface area is 338 Å². The highest BCUT2D eigenvalue weighted by Gasteiger charge is 2.39. The summed E-state index contributed by atoms with van der Waals surface area (Å²) in [5.74, 6) is 5.04. The van der Waals surface area contributed by atoms with E-state index in [1.807, 2.05) is 30.9 Å². The molecule has 0 radical (unpaired) electrons. The maximum atomic E-state index is 14.8. The number of nitrogens with one attached hydrogen (secondary N) is 2. The molecule has 0 bridgehead atoms. The number of hydrogen-bond donors (Lipinski definition) is 2. The number of hydrogen-bond acceptors (Lipinski definition) is 8. The number of carbonyl (C=O) groups is 4. The second kappa shape index (κ2) is 15.5. The van der Waals surface area contributed by atoms with Gasteiger partial charge in [0.1, 0.15) is 24.1 Å². The Balaban J connectivity index is 0.955. The van der Waals surface area contributed by atoms with E-state index in [0.717, 1.165) is 22.3 Å². The molecule has 4 amide bonds. The van der Waals surface area contributed by atoms with E-state index in [9.17, 15) is 32.8 Å². The lowest BCUT2D eigenvalue weighted by Gasteiger charge is -2.33. The Hall–Kier alpha value is -6.82. The number of alkyl halides is 2. The zero-order valence-electron chi connectivity index (χ0n) is 32.9. The van der Waals surface area contributed by atoms with Gasteiger partial charge in [0.25, 0.3) is 18.2 Å². The molecular weight excluding hydrogens is 761 g/mol. The minimum Gasteiger partial charge on any atom is -0.490 e. The average molecular weight is 802 g/mol. The fourth-order valence-corrected chi connectivity index (χ4v) is 8.12. The van der Waals surface area contributed by atoms with Crippen LogP contribution in [-0.2, 0) is 30.2 Å². The number of pyridine rings is 1. The molecular formula is C44H41F2N7O6. The summed E-state index contributed by atoms with van der Waals surface area (Å²) in [6, 6.07) is 14.5. The topological polar surface area (TPSA) is 148 Å². The number of imidazole rings is 1. The molecule has 1 saturated heterocycles. The fraction of sp³-hybridized carbons (Fsp3) is 0.318. The average Bonchev–Trinajstić information content (AvgIpc) is 3.67. The van der Waals surface area contributed by atoms with E-state index in [-0.39, 0.29) is 72.6 Å². The Morgan fingerprint density at radius 2 is 1.83 bits per heavy atom. The second-order valence-corrected chi connectivity index (χ2v) is 15.1. The number of aryl methyl sites for hydroxylation is 2. The number of amides is 4. The summed E-state index contributed by atoms with van der Waals surface area (Å²) < 4.78 is 38.8. The van der Waals surface area contributed by atoms with Crippen LogP contribution in [0, 0.1) is 11.8 Å². The molecule has 2 aromatic heterocycles. The van der Waals surface area contributed by atoms with Gasteiger partial charge in [-0.25, -0.2) is 13.6 Å². The Kier molecular flexibility index (Phi) is 10.3. The minimum atomic E-state index is -2.83. The fourth-order valence-electron chi connectivity index (χ4n) is 8.12. The van der Waals surface area contributed by atoms with E-state index in [2.05, 4.69) is 27.5 Å². The number of carbonyl (C=O) groups excluding carboxylic acids is 4. The maximum Gasteiger partial charge on any atom is 0.328 e. The molecule has 59 heavy (non-hydrogen) atoms. The quantitative estimate of drug-likeness (QED) is 0.120. The van der Waals surface area contributed by atoms with Crippen LogP contribution in [0.1, 0.15) is 88.6 Å². The summed E-state index contributed by atoms with van der Waals surface area (Å²) in [5, 5.41) is 5.08. The number of piperidine rings is 1. The van der Waals surface area contributed by atoms with Crippen molar-refractivity contribution < 1.29 is 32.7 Å². The number of imide groups is 1. The SMILES string of the molecule is CC(C)c1cc(N2CCOc3cc(-c4ccc(C(=O)NCCC#Cc5cccc6c5CN(C5CCC(=O)NC5=O)C6=O)nc4)c(C(F)F)cc32)cc2c1n(C)c(=O)n2C. The van der Waals surface area contributed by atoms with Crippen molar-refractivity contribution in [2.24, 2.45) is 14.1 Å². The molecule has 1 atom stereocenters. The van der Waals surface area contributed by atoms with Crippen molar-refractivity contribution in [1.82, 2.24) is 29.7 Å². The number of benzene rings is 3. The summed E-state index contributed by atoms with van der Waals surface area (Å²) in [4.78, 5) is 70.7. The van der Waals surface area contributed by atoms with Crippen LogP contribution in [0.15, 0.2) is 65.6 Å². The third-order valence-corrected chi connectivity index (χ3v) is 11.2. The number of fused-ring (bicyclic) bond motifs is 3. The van der Waals surface area contributed by atoms with Crippen LogP contribution in [0.5, 0.6) is 5.75 Å². The van der Waals surface area contributed by atoms with Crippen LogP contribution in [-0.4, -0.2) is 68.4 Å². The Morgan fingerprint density at radius 1 is 1.02 bits per heavy atom. The van der Waals surface area contributed by atoms with Gasteiger partial charge >= 0.3 is 5.69 Å². The number of halogens is 2. The lowest BCUT2D eigenvalue weighted by molar-refractivity contribution is -0.136. The summed E-state index contributed by atoms with van der Waals surface area (Å²) in [7, 11) is 3.46. The predicted octanol–water partition coefficient (Wildman–Crippen LogP) is 5.46. The first-order valence-corrected chi connectivity index (χ1v) is 19.4. The van der Waals surface area contributed by atoms with Gasteiger partial charge in [-0.1, -0.05) is 37.8 Å². The second-order valence-electron chi connectivity index (χ2n) is 15.1. The summed E-state index contributed by atoms with van der Waals surface area (Å²) in [6.45, 7) is 5.22. The predicted molar refractivity (Wildman–Crippen MR) is 216 cm³/mol. The molecule has 2 N–H and O–H groups in total. The number of anilines is 2. The number of aromatic nitrogens is 3. The molecule has 13 nitrogen and oxygen atoms in total. The van der Waals surface area contributed by atoms with Gasteiger partial charge in [0.15, 0.2) is 0 Å². The van der Waals surface area contributed by atoms with Gasteiger partial charge in [0.2, 0.25) is 11.8 Å². The van der Waals surface area contributed by atoms with Crippen molar-refractivity contribution >= 4 is 46.0 Å². The van der Waals surface area contributed by atoms with E-state index in [0.29, 0.717) is 46.8 Å².